The predicted octanol–water partition coefficient (Wildman–Crippen LogP) is 3.26. The van der Waals surface area contributed by atoms with Crippen LogP contribution in [-0.4, -0.2) is 12.6 Å². The molecule has 0 fully saturated rings. The van der Waals surface area contributed by atoms with E-state index in [2.05, 4.69) is 32.9 Å². The Hall–Kier alpha value is -0.380. The molecule has 2 unspecified atom stereocenters. The van der Waals surface area contributed by atoms with Crippen LogP contribution in [0.1, 0.15) is 42.5 Å². The lowest BCUT2D eigenvalue weighted by molar-refractivity contribution is 0.0363. The zero-order valence-electron chi connectivity index (χ0n) is 9.82. The maximum atomic E-state index is 6.08. The number of nitrogens with two attached hydrogens (primary N) is 1. The average molecular weight is 227 g/mol. The van der Waals surface area contributed by atoms with Crippen LogP contribution in [0.4, 0.5) is 0 Å². The third-order valence-electron chi connectivity index (χ3n) is 2.40. The van der Waals surface area contributed by atoms with Crippen molar-refractivity contribution in [3.05, 3.63) is 21.9 Å². The highest BCUT2D eigenvalue weighted by Crippen LogP contribution is 2.28. The third kappa shape index (κ3) is 3.59. The molecule has 0 saturated carbocycles. The predicted molar refractivity (Wildman–Crippen MR) is 66.3 cm³/mol. The smallest absolute Gasteiger partial charge is 0.107 e. The van der Waals surface area contributed by atoms with E-state index >= 15 is 0 Å². The van der Waals surface area contributed by atoms with Gasteiger partial charge in [0.1, 0.15) is 6.10 Å². The first-order valence-electron chi connectivity index (χ1n) is 5.62. The van der Waals surface area contributed by atoms with Crippen molar-refractivity contribution in [2.75, 3.05) is 6.61 Å². The molecule has 0 radical (unpaired) electrons. The van der Waals surface area contributed by atoms with Crippen LogP contribution in [0.15, 0.2) is 12.1 Å². The minimum Gasteiger partial charge on any atom is -0.371 e. The standard InChI is InChI=1S/C12H21NOS/c1-4-8-14-12(10(13)5-2)11-7-6-9(3)15-11/h6-7,10,12H,4-5,8,13H2,1-3H3. The molecule has 0 aliphatic carbocycles. The van der Waals surface area contributed by atoms with Crippen LogP contribution in [0.2, 0.25) is 0 Å². The van der Waals surface area contributed by atoms with Crippen molar-refractivity contribution < 1.29 is 4.74 Å². The molecule has 15 heavy (non-hydrogen) atoms. The second kappa shape index (κ2) is 6.26. The molecule has 2 atom stereocenters. The minimum absolute atomic E-state index is 0.0775. The van der Waals surface area contributed by atoms with Gasteiger partial charge in [-0.05, 0) is 31.9 Å². The molecule has 0 amide bonds. The average Bonchev–Trinajstić information content (AvgIpc) is 2.65. The maximum absolute atomic E-state index is 6.08. The SMILES string of the molecule is CCCOC(c1ccc(C)s1)C(N)CC. The van der Waals surface area contributed by atoms with Gasteiger partial charge in [0.05, 0.1) is 0 Å². The Balaban J connectivity index is 2.71. The molecule has 0 bridgehead atoms. The van der Waals surface area contributed by atoms with E-state index in [-0.39, 0.29) is 12.1 Å². The highest BCUT2D eigenvalue weighted by Gasteiger charge is 2.20. The van der Waals surface area contributed by atoms with Gasteiger partial charge >= 0.3 is 0 Å². The van der Waals surface area contributed by atoms with Crippen LogP contribution in [0.5, 0.6) is 0 Å². The fourth-order valence-corrected chi connectivity index (χ4v) is 2.48. The van der Waals surface area contributed by atoms with E-state index in [0.29, 0.717) is 0 Å². The summed E-state index contributed by atoms with van der Waals surface area (Å²) in [5.74, 6) is 0. The molecule has 1 aromatic rings. The molecular weight excluding hydrogens is 206 g/mol. The maximum Gasteiger partial charge on any atom is 0.107 e. The molecule has 1 rings (SSSR count). The van der Waals surface area contributed by atoms with Crippen molar-refractivity contribution >= 4 is 11.3 Å². The first-order chi connectivity index (χ1) is 7.19. The lowest BCUT2D eigenvalue weighted by Gasteiger charge is -2.22. The number of aryl methyl sites for hydroxylation is 1. The molecule has 0 saturated heterocycles. The summed E-state index contributed by atoms with van der Waals surface area (Å²) in [6, 6.07) is 4.37. The number of hydrogen-bond acceptors (Lipinski definition) is 3. The van der Waals surface area contributed by atoms with Crippen molar-refractivity contribution in [2.45, 2.75) is 45.8 Å². The molecule has 1 heterocycles. The van der Waals surface area contributed by atoms with Crippen LogP contribution < -0.4 is 5.73 Å². The molecule has 86 valence electrons. The van der Waals surface area contributed by atoms with Crippen molar-refractivity contribution in [1.29, 1.82) is 0 Å². The van der Waals surface area contributed by atoms with E-state index in [1.165, 1.54) is 9.75 Å². The number of ether oxygens (including phenoxy) is 1. The lowest BCUT2D eigenvalue weighted by atomic mass is 10.1. The van der Waals surface area contributed by atoms with Gasteiger partial charge in [0.15, 0.2) is 0 Å². The van der Waals surface area contributed by atoms with Gasteiger partial charge in [-0.15, -0.1) is 11.3 Å². The highest BCUT2D eigenvalue weighted by atomic mass is 32.1. The fourth-order valence-electron chi connectivity index (χ4n) is 1.48. The third-order valence-corrected chi connectivity index (χ3v) is 3.47. The summed E-state index contributed by atoms with van der Waals surface area (Å²) < 4.78 is 5.83. The first-order valence-corrected chi connectivity index (χ1v) is 6.44. The Kier molecular flexibility index (Phi) is 5.29. The Morgan fingerprint density at radius 2 is 2.13 bits per heavy atom. The Bertz CT molecular complexity index is 285. The summed E-state index contributed by atoms with van der Waals surface area (Å²) in [5, 5.41) is 0. The van der Waals surface area contributed by atoms with E-state index in [4.69, 9.17) is 10.5 Å². The van der Waals surface area contributed by atoms with Gasteiger partial charge in [0.2, 0.25) is 0 Å². The zero-order chi connectivity index (χ0) is 11.3. The van der Waals surface area contributed by atoms with Crippen molar-refractivity contribution in [1.82, 2.24) is 0 Å². The molecule has 0 spiro atoms. The summed E-state index contributed by atoms with van der Waals surface area (Å²) in [6.07, 6.45) is 2.07. The van der Waals surface area contributed by atoms with Crippen LogP contribution in [0.25, 0.3) is 0 Å². The Labute approximate surface area is 96.4 Å². The zero-order valence-corrected chi connectivity index (χ0v) is 10.6. The second-order valence-electron chi connectivity index (χ2n) is 3.81. The second-order valence-corrected chi connectivity index (χ2v) is 5.13. The number of hydrogen-bond donors (Lipinski definition) is 1. The van der Waals surface area contributed by atoms with Gasteiger partial charge in [0, 0.05) is 22.4 Å². The lowest BCUT2D eigenvalue weighted by Crippen LogP contribution is -2.29. The molecule has 0 aromatic carbocycles. The van der Waals surface area contributed by atoms with Crippen LogP contribution in [0, 0.1) is 6.92 Å². The quantitative estimate of drug-likeness (QED) is 0.809. The van der Waals surface area contributed by atoms with Crippen molar-refractivity contribution in [3.63, 3.8) is 0 Å². The van der Waals surface area contributed by atoms with Crippen LogP contribution in [-0.2, 0) is 4.74 Å². The van der Waals surface area contributed by atoms with Gasteiger partial charge in [0.25, 0.3) is 0 Å². The van der Waals surface area contributed by atoms with E-state index in [0.717, 1.165) is 19.4 Å². The van der Waals surface area contributed by atoms with E-state index in [9.17, 15) is 0 Å². The van der Waals surface area contributed by atoms with Gasteiger partial charge in [-0.25, -0.2) is 0 Å². The molecular formula is C12H21NOS. The van der Waals surface area contributed by atoms with Crippen molar-refractivity contribution in [3.8, 4) is 0 Å². The van der Waals surface area contributed by atoms with Crippen molar-refractivity contribution in [2.24, 2.45) is 5.73 Å². The summed E-state index contributed by atoms with van der Waals surface area (Å²) in [7, 11) is 0. The topological polar surface area (TPSA) is 35.2 Å². The molecule has 0 aliphatic rings. The Morgan fingerprint density at radius 3 is 2.60 bits per heavy atom. The van der Waals surface area contributed by atoms with Crippen LogP contribution >= 0.6 is 11.3 Å². The van der Waals surface area contributed by atoms with Gasteiger partial charge in [-0.1, -0.05) is 13.8 Å². The molecule has 2 nitrogen and oxygen atoms in total. The monoisotopic (exact) mass is 227 g/mol. The van der Waals surface area contributed by atoms with E-state index < -0.39 is 0 Å². The summed E-state index contributed by atoms with van der Waals surface area (Å²) >= 11 is 1.78. The van der Waals surface area contributed by atoms with Crippen LogP contribution in [0.3, 0.4) is 0 Å². The fraction of sp³-hybridized carbons (Fsp3) is 0.667. The summed E-state index contributed by atoms with van der Waals surface area (Å²) in [6.45, 7) is 7.12. The normalized spacial score (nSPS) is 15.2. The summed E-state index contributed by atoms with van der Waals surface area (Å²) in [4.78, 5) is 2.58. The molecule has 2 N–H and O–H groups in total. The Morgan fingerprint density at radius 1 is 1.40 bits per heavy atom. The molecule has 0 aliphatic heterocycles. The van der Waals surface area contributed by atoms with Gasteiger partial charge < -0.3 is 10.5 Å². The van der Waals surface area contributed by atoms with E-state index in [1.54, 1.807) is 11.3 Å². The number of thiophene rings is 1. The largest absolute Gasteiger partial charge is 0.371 e. The molecule has 3 heteroatoms. The van der Waals surface area contributed by atoms with Gasteiger partial charge in [-0.3, -0.25) is 0 Å². The minimum atomic E-state index is 0.0775. The number of rotatable bonds is 6. The van der Waals surface area contributed by atoms with Gasteiger partial charge in [-0.2, -0.15) is 0 Å². The van der Waals surface area contributed by atoms with E-state index in [1.807, 2.05) is 0 Å². The molecule has 1 aromatic heterocycles. The highest BCUT2D eigenvalue weighted by molar-refractivity contribution is 7.12. The first kappa shape index (κ1) is 12.7. The summed E-state index contributed by atoms with van der Waals surface area (Å²) in [5.41, 5.74) is 6.08.